The van der Waals surface area contributed by atoms with E-state index < -0.39 is 23.8 Å². The lowest BCUT2D eigenvalue weighted by atomic mass is 10.0. The number of aliphatic carboxylic acids is 1. The zero-order chi connectivity index (χ0) is 18.7. The van der Waals surface area contributed by atoms with Crippen molar-refractivity contribution in [2.45, 2.75) is 12.5 Å². The van der Waals surface area contributed by atoms with Crippen LogP contribution in [0.4, 0.5) is 5.69 Å². The van der Waals surface area contributed by atoms with E-state index in [1.807, 2.05) is 0 Å². The van der Waals surface area contributed by atoms with Gasteiger partial charge < -0.3 is 15.3 Å². The van der Waals surface area contributed by atoms with E-state index in [-0.39, 0.29) is 18.9 Å². The van der Waals surface area contributed by atoms with Gasteiger partial charge >= 0.3 is 5.97 Å². The van der Waals surface area contributed by atoms with E-state index in [9.17, 15) is 19.5 Å². The van der Waals surface area contributed by atoms with Crippen LogP contribution in [0.25, 0.3) is 0 Å². The summed E-state index contributed by atoms with van der Waals surface area (Å²) in [5.41, 5.74) is 1.02. The molecule has 0 spiro atoms. The van der Waals surface area contributed by atoms with Gasteiger partial charge in [0.15, 0.2) is 6.04 Å². The first-order chi connectivity index (χ1) is 12.5. The average molecular weight is 373 g/mol. The Hall–Kier alpha value is -2.86. The highest BCUT2D eigenvalue weighted by molar-refractivity contribution is 6.33. The van der Waals surface area contributed by atoms with E-state index in [2.05, 4.69) is 5.32 Å². The van der Waals surface area contributed by atoms with Crippen molar-refractivity contribution in [3.63, 3.8) is 0 Å². The molecule has 2 amide bonds. The Morgan fingerprint density at radius 3 is 2.42 bits per heavy atom. The molecule has 1 fully saturated rings. The van der Waals surface area contributed by atoms with Crippen molar-refractivity contribution in [3.8, 4) is 0 Å². The number of nitrogens with zero attached hydrogens (tertiary/aromatic N) is 1. The number of carbonyl (C=O) groups is 3. The lowest BCUT2D eigenvalue weighted by molar-refractivity contribution is -0.142. The number of hydrogen-bond donors (Lipinski definition) is 2. The molecule has 6 nitrogen and oxygen atoms in total. The van der Waals surface area contributed by atoms with Gasteiger partial charge in [0.2, 0.25) is 11.8 Å². The van der Waals surface area contributed by atoms with Gasteiger partial charge in [-0.15, -0.1) is 0 Å². The smallest absolute Gasteiger partial charge is 0.330 e. The van der Waals surface area contributed by atoms with Crippen LogP contribution in [0.15, 0.2) is 54.6 Å². The monoisotopic (exact) mass is 372 g/mol. The summed E-state index contributed by atoms with van der Waals surface area (Å²) in [4.78, 5) is 37.9. The van der Waals surface area contributed by atoms with E-state index in [0.717, 1.165) is 0 Å². The topological polar surface area (TPSA) is 86.7 Å². The second-order valence-electron chi connectivity index (χ2n) is 6.05. The van der Waals surface area contributed by atoms with Gasteiger partial charge in [0.1, 0.15) is 0 Å². The number of rotatable bonds is 5. The molecule has 0 radical (unpaired) electrons. The van der Waals surface area contributed by atoms with Crippen LogP contribution in [0.2, 0.25) is 5.02 Å². The molecule has 1 heterocycles. The van der Waals surface area contributed by atoms with E-state index in [4.69, 9.17) is 11.6 Å². The fourth-order valence-electron chi connectivity index (χ4n) is 2.98. The van der Waals surface area contributed by atoms with Crippen LogP contribution in [0, 0.1) is 5.92 Å². The molecule has 1 aliphatic heterocycles. The summed E-state index contributed by atoms with van der Waals surface area (Å²) in [5.74, 6) is -2.48. The Morgan fingerprint density at radius 2 is 1.77 bits per heavy atom. The number of carbonyl (C=O) groups excluding carboxylic acids is 2. The molecule has 1 unspecified atom stereocenters. The van der Waals surface area contributed by atoms with Crippen LogP contribution in [0.1, 0.15) is 18.0 Å². The van der Waals surface area contributed by atoms with Crippen LogP contribution in [0.3, 0.4) is 0 Å². The van der Waals surface area contributed by atoms with Crippen molar-refractivity contribution in [2.75, 3.05) is 11.4 Å². The molecule has 134 valence electrons. The Bertz CT molecular complexity index is 840. The van der Waals surface area contributed by atoms with E-state index >= 15 is 0 Å². The second-order valence-corrected chi connectivity index (χ2v) is 6.45. The molecule has 3 rings (SSSR count). The maximum absolute atomic E-state index is 12.6. The van der Waals surface area contributed by atoms with Crippen LogP contribution in [0.5, 0.6) is 0 Å². The van der Waals surface area contributed by atoms with Crippen LogP contribution < -0.4 is 10.2 Å². The highest BCUT2D eigenvalue weighted by Gasteiger charge is 2.37. The highest BCUT2D eigenvalue weighted by atomic mass is 35.5. The van der Waals surface area contributed by atoms with Gasteiger partial charge in [-0.1, -0.05) is 54.1 Å². The second kappa shape index (κ2) is 7.58. The molecule has 26 heavy (non-hydrogen) atoms. The molecule has 1 aliphatic rings. The summed E-state index contributed by atoms with van der Waals surface area (Å²) >= 11 is 6.13. The Labute approximate surface area is 155 Å². The lowest BCUT2D eigenvalue weighted by Gasteiger charge is -2.19. The molecular formula is C19H17ClN2O4. The number of halogens is 1. The molecule has 0 aromatic heterocycles. The number of carboxylic acids is 1. The quantitative estimate of drug-likeness (QED) is 0.844. The van der Waals surface area contributed by atoms with Gasteiger partial charge in [0.25, 0.3) is 0 Å². The van der Waals surface area contributed by atoms with E-state index in [1.165, 1.54) is 4.90 Å². The minimum absolute atomic E-state index is 0.0121. The molecule has 2 atom stereocenters. The molecule has 7 heteroatoms. The molecule has 0 saturated carbocycles. The third kappa shape index (κ3) is 3.70. The summed E-state index contributed by atoms with van der Waals surface area (Å²) in [7, 11) is 0. The van der Waals surface area contributed by atoms with Crippen molar-refractivity contribution in [3.05, 3.63) is 65.2 Å². The molecular weight excluding hydrogens is 356 g/mol. The number of nitrogens with one attached hydrogen (secondary N) is 1. The Morgan fingerprint density at radius 1 is 1.12 bits per heavy atom. The van der Waals surface area contributed by atoms with Crippen LogP contribution >= 0.6 is 11.6 Å². The number of benzene rings is 2. The van der Waals surface area contributed by atoms with Crippen molar-refractivity contribution in [1.82, 2.24) is 5.32 Å². The van der Waals surface area contributed by atoms with Crippen molar-refractivity contribution in [1.29, 1.82) is 0 Å². The zero-order valence-electron chi connectivity index (χ0n) is 13.8. The summed E-state index contributed by atoms with van der Waals surface area (Å²) < 4.78 is 0. The number of para-hydroxylation sites is 1. The zero-order valence-corrected chi connectivity index (χ0v) is 14.5. The van der Waals surface area contributed by atoms with Gasteiger partial charge in [-0.25, -0.2) is 4.79 Å². The van der Waals surface area contributed by atoms with Gasteiger partial charge in [-0.2, -0.15) is 0 Å². The first-order valence-electron chi connectivity index (χ1n) is 8.10. The normalized spacial score (nSPS) is 17.8. The highest BCUT2D eigenvalue weighted by Crippen LogP contribution is 2.31. The largest absolute Gasteiger partial charge is 0.479 e. The van der Waals surface area contributed by atoms with E-state index in [1.54, 1.807) is 54.6 Å². The number of amides is 2. The third-order valence-electron chi connectivity index (χ3n) is 4.31. The number of hydrogen-bond acceptors (Lipinski definition) is 3. The van der Waals surface area contributed by atoms with Crippen molar-refractivity contribution >= 4 is 35.1 Å². The predicted molar refractivity (Wildman–Crippen MR) is 96.9 cm³/mol. The Kier molecular flexibility index (Phi) is 5.23. The summed E-state index contributed by atoms with van der Waals surface area (Å²) in [6.45, 7) is 0.162. The first-order valence-corrected chi connectivity index (χ1v) is 8.48. The maximum Gasteiger partial charge on any atom is 0.330 e. The molecule has 2 aromatic rings. The van der Waals surface area contributed by atoms with Crippen LogP contribution in [-0.2, 0) is 14.4 Å². The maximum atomic E-state index is 12.6. The summed E-state index contributed by atoms with van der Waals surface area (Å²) in [5, 5.41) is 12.4. The molecule has 2 aromatic carbocycles. The molecule has 0 bridgehead atoms. The fraction of sp³-hybridized carbons (Fsp3) is 0.211. The molecule has 1 saturated heterocycles. The average Bonchev–Trinajstić information content (AvgIpc) is 3.02. The fourth-order valence-corrected chi connectivity index (χ4v) is 3.22. The third-order valence-corrected chi connectivity index (χ3v) is 4.63. The minimum Gasteiger partial charge on any atom is -0.479 e. The number of anilines is 1. The molecule has 2 N–H and O–H groups in total. The minimum atomic E-state index is -1.16. The van der Waals surface area contributed by atoms with Gasteiger partial charge in [-0.3, -0.25) is 9.59 Å². The summed E-state index contributed by atoms with van der Waals surface area (Å²) in [6, 6.07) is 14.2. The Balaban J connectivity index is 1.73. The standard InChI is InChI=1S/C19H17ClN2O4/c20-14-8-4-5-9-15(14)22-11-13(10-16(22)23)18(24)21-17(19(25)26)12-6-2-1-3-7-12/h1-9,13,17H,10-11H2,(H,21,24)(H,25,26)/t13?,17-/m0/s1. The number of carboxylic acid groups (broad SMARTS) is 1. The van der Waals surface area contributed by atoms with Gasteiger partial charge in [0, 0.05) is 13.0 Å². The van der Waals surface area contributed by atoms with Gasteiger partial charge in [-0.05, 0) is 17.7 Å². The predicted octanol–water partition coefficient (Wildman–Crippen LogP) is 2.64. The van der Waals surface area contributed by atoms with Gasteiger partial charge in [0.05, 0.1) is 16.6 Å². The van der Waals surface area contributed by atoms with Crippen LogP contribution in [-0.4, -0.2) is 29.4 Å². The van der Waals surface area contributed by atoms with Crippen molar-refractivity contribution in [2.24, 2.45) is 5.92 Å². The lowest BCUT2D eigenvalue weighted by Crippen LogP contribution is -2.38. The SMILES string of the molecule is O=C(N[C@H](C(=O)O)c1ccccc1)C1CC(=O)N(c2ccccc2Cl)C1. The van der Waals surface area contributed by atoms with E-state index in [0.29, 0.717) is 16.3 Å². The first kappa shape index (κ1) is 17.9. The van der Waals surface area contributed by atoms with Crippen molar-refractivity contribution < 1.29 is 19.5 Å². The summed E-state index contributed by atoms with van der Waals surface area (Å²) in [6.07, 6.45) is 0.0121. The molecule has 0 aliphatic carbocycles.